The highest BCUT2D eigenvalue weighted by atomic mass is 35.5. The molecule has 3 N–H and O–H groups in total. The third-order valence-corrected chi connectivity index (χ3v) is 6.65. The van der Waals surface area contributed by atoms with Crippen LogP contribution in [0, 0.1) is 12.7 Å². The summed E-state index contributed by atoms with van der Waals surface area (Å²) >= 11 is 6.15. The van der Waals surface area contributed by atoms with Gasteiger partial charge in [-0.05, 0) is 68.3 Å². The second-order valence-electron chi connectivity index (χ2n) is 9.81. The van der Waals surface area contributed by atoms with E-state index in [0.717, 1.165) is 27.6 Å². The molecule has 0 spiro atoms. The largest absolute Gasteiger partial charge is 0.386 e. The molecule has 6 nitrogen and oxygen atoms in total. The van der Waals surface area contributed by atoms with Crippen molar-refractivity contribution in [1.82, 2.24) is 20.3 Å². The van der Waals surface area contributed by atoms with E-state index in [1.54, 1.807) is 50.6 Å². The standard InChI is InChI=1S/C29H26ClFN4O2/c1-16-6-19-7-17(9-23(29(2,3)37)27(19)34-13-16)8-21-10-18(4-5-32-21)28(36)35-14-20-11-22-24(30)15-33-26(22)12-25(20)31/h4-7,9-13,15,33,37H,8,14H2,1-3H3,(H,35,36). The zero-order valence-electron chi connectivity index (χ0n) is 20.7. The first kappa shape index (κ1) is 24.9. The minimum absolute atomic E-state index is 0.0196. The number of aromatic amines is 1. The van der Waals surface area contributed by atoms with Crippen LogP contribution in [0.15, 0.2) is 61.1 Å². The molecule has 1 amide bonds. The van der Waals surface area contributed by atoms with Crippen LogP contribution in [-0.4, -0.2) is 26.0 Å². The number of hydrogen-bond acceptors (Lipinski definition) is 4. The van der Waals surface area contributed by atoms with E-state index in [0.29, 0.717) is 39.2 Å². The number of aromatic nitrogens is 3. The summed E-state index contributed by atoms with van der Waals surface area (Å²) in [5.41, 5.74) is 4.45. The molecule has 8 heteroatoms. The summed E-state index contributed by atoms with van der Waals surface area (Å²) in [4.78, 5) is 24.8. The van der Waals surface area contributed by atoms with Crippen LogP contribution >= 0.6 is 11.6 Å². The Kier molecular flexibility index (Phi) is 6.43. The smallest absolute Gasteiger partial charge is 0.251 e. The average Bonchev–Trinajstić information content (AvgIpc) is 3.20. The van der Waals surface area contributed by atoms with Crippen LogP contribution < -0.4 is 5.32 Å². The molecule has 0 radical (unpaired) electrons. The van der Waals surface area contributed by atoms with E-state index >= 15 is 0 Å². The lowest BCUT2D eigenvalue weighted by molar-refractivity contribution is 0.0799. The fourth-order valence-electron chi connectivity index (χ4n) is 4.48. The number of aliphatic hydroxyl groups is 1. The van der Waals surface area contributed by atoms with Crippen LogP contribution in [0.5, 0.6) is 0 Å². The molecule has 0 saturated carbocycles. The number of halogens is 2. The number of nitrogens with one attached hydrogen (secondary N) is 2. The minimum Gasteiger partial charge on any atom is -0.386 e. The van der Waals surface area contributed by atoms with Crippen molar-refractivity contribution in [3.8, 4) is 0 Å². The SMILES string of the molecule is Cc1cnc2c(C(C)(C)O)cc(Cc3cc(C(=O)NCc4cc5c(Cl)c[nH]c5cc4F)ccn3)cc2c1. The Hall–Kier alpha value is -3.81. The van der Waals surface area contributed by atoms with Crippen LogP contribution in [0.2, 0.25) is 5.02 Å². The number of carbonyl (C=O) groups excluding carboxylic acids is 1. The van der Waals surface area contributed by atoms with Crippen molar-refractivity contribution in [2.45, 2.75) is 39.3 Å². The van der Waals surface area contributed by atoms with Gasteiger partial charge in [-0.15, -0.1) is 0 Å². The van der Waals surface area contributed by atoms with Gasteiger partial charge in [-0.1, -0.05) is 17.7 Å². The first-order valence-corrected chi connectivity index (χ1v) is 12.3. The molecule has 5 aromatic rings. The number of carbonyl (C=O) groups is 1. The lowest BCUT2D eigenvalue weighted by Gasteiger charge is -2.21. The fourth-order valence-corrected chi connectivity index (χ4v) is 4.69. The molecule has 0 bridgehead atoms. The molecule has 3 heterocycles. The lowest BCUT2D eigenvalue weighted by atomic mass is 9.91. The van der Waals surface area contributed by atoms with Crippen molar-refractivity contribution in [3.05, 3.63) is 105 Å². The molecular weight excluding hydrogens is 491 g/mol. The highest BCUT2D eigenvalue weighted by Gasteiger charge is 2.21. The van der Waals surface area contributed by atoms with Crippen LogP contribution in [-0.2, 0) is 18.6 Å². The van der Waals surface area contributed by atoms with Crippen molar-refractivity contribution in [2.24, 2.45) is 0 Å². The van der Waals surface area contributed by atoms with Crippen molar-refractivity contribution in [3.63, 3.8) is 0 Å². The van der Waals surface area contributed by atoms with Gasteiger partial charge < -0.3 is 15.4 Å². The molecule has 0 aliphatic rings. The quantitative estimate of drug-likeness (QED) is 0.260. The molecule has 2 aromatic carbocycles. The molecule has 0 atom stereocenters. The number of H-pyrrole nitrogens is 1. The topological polar surface area (TPSA) is 90.9 Å². The number of fused-ring (bicyclic) bond motifs is 2. The van der Waals surface area contributed by atoms with E-state index in [4.69, 9.17) is 11.6 Å². The number of nitrogens with zero attached hydrogens (tertiary/aromatic N) is 2. The molecule has 0 aliphatic heterocycles. The Bertz CT molecular complexity index is 1660. The van der Waals surface area contributed by atoms with Gasteiger partial charge in [0, 0.05) is 70.2 Å². The van der Waals surface area contributed by atoms with Gasteiger partial charge in [-0.25, -0.2) is 4.39 Å². The summed E-state index contributed by atoms with van der Waals surface area (Å²) in [5, 5.41) is 15.7. The van der Waals surface area contributed by atoms with Gasteiger partial charge in [-0.2, -0.15) is 0 Å². The second kappa shape index (κ2) is 9.57. The van der Waals surface area contributed by atoms with Gasteiger partial charge >= 0.3 is 0 Å². The highest BCUT2D eigenvalue weighted by Crippen LogP contribution is 2.30. The minimum atomic E-state index is -1.07. The Balaban J connectivity index is 1.37. The second-order valence-corrected chi connectivity index (χ2v) is 10.2. The number of hydrogen-bond donors (Lipinski definition) is 3. The first-order valence-electron chi connectivity index (χ1n) is 11.9. The average molecular weight is 517 g/mol. The zero-order chi connectivity index (χ0) is 26.3. The maximum Gasteiger partial charge on any atom is 0.251 e. The van der Waals surface area contributed by atoms with E-state index < -0.39 is 11.4 Å². The Labute approximate surface area is 218 Å². The number of pyridine rings is 2. The Morgan fingerprint density at radius 2 is 1.97 bits per heavy atom. The predicted molar refractivity (Wildman–Crippen MR) is 143 cm³/mol. The third kappa shape index (κ3) is 5.19. The summed E-state index contributed by atoms with van der Waals surface area (Å²) in [6.07, 6.45) is 5.44. The molecule has 0 fully saturated rings. The van der Waals surface area contributed by atoms with Gasteiger partial charge in [0.05, 0.1) is 16.1 Å². The molecule has 3 aromatic heterocycles. The molecule has 0 unspecified atom stereocenters. The fraction of sp³-hybridized carbons (Fsp3) is 0.207. The van der Waals surface area contributed by atoms with Crippen LogP contribution in [0.1, 0.15) is 52.2 Å². The van der Waals surface area contributed by atoms with Crippen LogP contribution in [0.4, 0.5) is 4.39 Å². The lowest BCUT2D eigenvalue weighted by Crippen LogP contribution is -2.23. The zero-order valence-corrected chi connectivity index (χ0v) is 21.4. The van der Waals surface area contributed by atoms with Crippen molar-refractivity contribution in [1.29, 1.82) is 0 Å². The summed E-state index contributed by atoms with van der Waals surface area (Å²) in [6.45, 7) is 5.47. The van der Waals surface area contributed by atoms with Gasteiger partial charge in [0.15, 0.2) is 0 Å². The highest BCUT2D eigenvalue weighted by molar-refractivity contribution is 6.35. The van der Waals surface area contributed by atoms with E-state index in [1.807, 2.05) is 25.1 Å². The number of aryl methyl sites for hydroxylation is 1. The van der Waals surface area contributed by atoms with Crippen LogP contribution in [0.25, 0.3) is 21.8 Å². The van der Waals surface area contributed by atoms with Gasteiger partial charge in [0.2, 0.25) is 0 Å². The predicted octanol–water partition coefficient (Wildman–Crippen LogP) is 5.96. The van der Waals surface area contributed by atoms with E-state index in [9.17, 15) is 14.3 Å². The van der Waals surface area contributed by atoms with Crippen molar-refractivity contribution >= 4 is 39.3 Å². The summed E-state index contributed by atoms with van der Waals surface area (Å²) < 4.78 is 14.5. The number of rotatable bonds is 6. The van der Waals surface area contributed by atoms with Crippen molar-refractivity contribution < 1.29 is 14.3 Å². The Morgan fingerprint density at radius 3 is 2.76 bits per heavy atom. The molecular formula is C29H26ClFN4O2. The maximum absolute atomic E-state index is 14.5. The monoisotopic (exact) mass is 516 g/mol. The van der Waals surface area contributed by atoms with E-state index in [1.165, 1.54) is 6.07 Å². The van der Waals surface area contributed by atoms with Gasteiger partial charge in [0.25, 0.3) is 5.91 Å². The summed E-state index contributed by atoms with van der Waals surface area (Å²) in [6, 6.07) is 12.4. The van der Waals surface area contributed by atoms with E-state index in [2.05, 4.69) is 20.3 Å². The number of amides is 1. The molecule has 0 saturated heterocycles. The van der Waals surface area contributed by atoms with Gasteiger partial charge in [0.1, 0.15) is 5.82 Å². The number of benzene rings is 2. The summed E-state index contributed by atoms with van der Waals surface area (Å²) in [7, 11) is 0. The van der Waals surface area contributed by atoms with Crippen LogP contribution in [0.3, 0.4) is 0 Å². The van der Waals surface area contributed by atoms with E-state index in [-0.39, 0.29) is 12.5 Å². The molecule has 5 rings (SSSR count). The third-order valence-electron chi connectivity index (χ3n) is 6.34. The molecule has 37 heavy (non-hydrogen) atoms. The van der Waals surface area contributed by atoms with Crippen molar-refractivity contribution in [2.75, 3.05) is 0 Å². The first-order chi connectivity index (χ1) is 17.6. The van der Waals surface area contributed by atoms with Gasteiger partial charge in [-0.3, -0.25) is 14.8 Å². The molecule has 0 aliphatic carbocycles. The normalized spacial score (nSPS) is 11.8. The maximum atomic E-state index is 14.5. The summed E-state index contributed by atoms with van der Waals surface area (Å²) in [5.74, 6) is -0.760. The molecule has 188 valence electrons. The Morgan fingerprint density at radius 1 is 1.16 bits per heavy atom.